The van der Waals surface area contributed by atoms with Gasteiger partial charge in [-0.15, -0.1) is 0 Å². The van der Waals surface area contributed by atoms with Gasteiger partial charge >= 0.3 is 0 Å². The first kappa shape index (κ1) is 17.8. The number of hydrogen-bond donors (Lipinski definition) is 1. The Bertz CT molecular complexity index is 712. The van der Waals surface area contributed by atoms with Crippen molar-refractivity contribution in [2.24, 2.45) is 7.05 Å². The molecule has 0 saturated heterocycles. The van der Waals surface area contributed by atoms with Gasteiger partial charge in [0.15, 0.2) is 0 Å². The molecule has 2 rings (SSSR count). The zero-order valence-corrected chi connectivity index (χ0v) is 14.8. The third-order valence-electron chi connectivity index (χ3n) is 3.87. The maximum Gasteiger partial charge on any atom is 0.238 e. The van der Waals surface area contributed by atoms with Crippen molar-refractivity contribution in [1.29, 1.82) is 0 Å². The van der Waals surface area contributed by atoms with Crippen molar-refractivity contribution in [2.45, 2.75) is 13.5 Å². The minimum absolute atomic E-state index is 0.109. The molecule has 130 valence electrons. The van der Waals surface area contributed by atoms with Gasteiger partial charge in [0, 0.05) is 30.9 Å². The molecule has 0 atom stereocenters. The summed E-state index contributed by atoms with van der Waals surface area (Å²) in [6.45, 7) is 2.94. The highest BCUT2D eigenvalue weighted by Crippen LogP contribution is 2.28. The van der Waals surface area contributed by atoms with E-state index < -0.39 is 0 Å². The van der Waals surface area contributed by atoms with E-state index in [1.165, 1.54) is 0 Å². The van der Waals surface area contributed by atoms with Crippen LogP contribution in [0.15, 0.2) is 24.4 Å². The van der Waals surface area contributed by atoms with E-state index in [-0.39, 0.29) is 12.5 Å². The van der Waals surface area contributed by atoms with Crippen molar-refractivity contribution in [1.82, 2.24) is 14.7 Å². The Balaban J connectivity index is 1.96. The topological polar surface area (TPSA) is 68.6 Å². The molecular weight excluding hydrogens is 308 g/mol. The van der Waals surface area contributed by atoms with E-state index in [1.807, 2.05) is 36.8 Å². The van der Waals surface area contributed by atoms with Gasteiger partial charge in [0.2, 0.25) is 5.91 Å². The number of carbonyl (C=O) groups excluding carboxylic acids is 1. The highest BCUT2D eigenvalue weighted by Gasteiger charge is 2.13. The van der Waals surface area contributed by atoms with Gasteiger partial charge in [-0.1, -0.05) is 0 Å². The Morgan fingerprint density at radius 2 is 2.08 bits per heavy atom. The molecule has 1 amide bonds. The molecule has 0 fully saturated rings. The van der Waals surface area contributed by atoms with Crippen LogP contribution in [0.25, 0.3) is 0 Å². The average molecular weight is 332 g/mol. The molecule has 24 heavy (non-hydrogen) atoms. The lowest BCUT2D eigenvalue weighted by atomic mass is 10.2. The SMILES string of the molecule is COc1ccc(NC(=O)CN(C)Cc2cnn(C)c2C)c(OC)c1. The molecule has 0 bridgehead atoms. The number of aromatic nitrogens is 2. The first-order valence-electron chi connectivity index (χ1n) is 7.62. The predicted octanol–water partition coefficient (Wildman–Crippen LogP) is 1.82. The summed E-state index contributed by atoms with van der Waals surface area (Å²) in [5.41, 5.74) is 2.82. The van der Waals surface area contributed by atoms with Gasteiger partial charge in [-0.2, -0.15) is 5.10 Å². The summed E-state index contributed by atoms with van der Waals surface area (Å²) < 4.78 is 12.3. The molecule has 7 heteroatoms. The molecule has 1 aromatic carbocycles. The number of likely N-dealkylation sites (N-methyl/N-ethyl adjacent to an activating group) is 1. The molecule has 2 aromatic rings. The van der Waals surface area contributed by atoms with Crippen LogP contribution in [-0.4, -0.2) is 48.4 Å². The number of benzene rings is 1. The van der Waals surface area contributed by atoms with Crippen LogP contribution in [0.3, 0.4) is 0 Å². The van der Waals surface area contributed by atoms with E-state index in [0.29, 0.717) is 23.7 Å². The van der Waals surface area contributed by atoms with Crippen LogP contribution in [0.4, 0.5) is 5.69 Å². The molecule has 0 aliphatic heterocycles. The zero-order valence-electron chi connectivity index (χ0n) is 14.8. The number of hydrogen-bond acceptors (Lipinski definition) is 5. The fourth-order valence-corrected chi connectivity index (χ4v) is 2.38. The summed E-state index contributed by atoms with van der Waals surface area (Å²) in [6.07, 6.45) is 1.83. The van der Waals surface area contributed by atoms with Gasteiger partial charge in [0.25, 0.3) is 0 Å². The molecule has 0 saturated carbocycles. The van der Waals surface area contributed by atoms with E-state index in [0.717, 1.165) is 11.3 Å². The maximum atomic E-state index is 12.3. The van der Waals surface area contributed by atoms with Gasteiger partial charge in [0.1, 0.15) is 11.5 Å². The van der Waals surface area contributed by atoms with Crippen molar-refractivity contribution in [3.05, 3.63) is 35.7 Å². The lowest BCUT2D eigenvalue weighted by Gasteiger charge is -2.17. The molecule has 0 radical (unpaired) electrons. The van der Waals surface area contributed by atoms with Crippen molar-refractivity contribution in [3.63, 3.8) is 0 Å². The second kappa shape index (κ2) is 7.83. The number of anilines is 1. The third kappa shape index (κ3) is 4.26. The van der Waals surface area contributed by atoms with Gasteiger partial charge in [-0.25, -0.2) is 0 Å². The normalized spacial score (nSPS) is 10.8. The predicted molar refractivity (Wildman–Crippen MR) is 92.5 cm³/mol. The molecule has 0 unspecified atom stereocenters. The van der Waals surface area contributed by atoms with Gasteiger partial charge in [0.05, 0.1) is 32.6 Å². The van der Waals surface area contributed by atoms with Crippen LogP contribution < -0.4 is 14.8 Å². The molecule has 0 spiro atoms. The largest absolute Gasteiger partial charge is 0.497 e. The molecule has 1 aromatic heterocycles. The first-order chi connectivity index (χ1) is 11.4. The molecule has 1 heterocycles. The molecular formula is C17H24N4O3. The number of methoxy groups -OCH3 is 2. The van der Waals surface area contributed by atoms with Gasteiger partial charge in [-0.05, 0) is 26.1 Å². The van der Waals surface area contributed by atoms with Crippen LogP contribution in [0, 0.1) is 6.92 Å². The van der Waals surface area contributed by atoms with E-state index in [2.05, 4.69) is 10.4 Å². The number of rotatable bonds is 7. The Hall–Kier alpha value is -2.54. The third-order valence-corrected chi connectivity index (χ3v) is 3.87. The summed E-state index contributed by atoms with van der Waals surface area (Å²) in [7, 11) is 6.95. The number of aryl methyl sites for hydroxylation is 1. The minimum atomic E-state index is -0.109. The average Bonchev–Trinajstić information content (AvgIpc) is 2.87. The quantitative estimate of drug-likeness (QED) is 0.837. The summed E-state index contributed by atoms with van der Waals surface area (Å²) in [6, 6.07) is 5.28. The molecule has 1 N–H and O–H groups in total. The molecule has 7 nitrogen and oxygen atoms in total. The van der Waals surface area contributed by atoms with Crippen molar-refractivity contribution >= 4 is 11.6 Å². The fraction of sp³-hybridized carbons (Fsp3) is 0.412. The lowest BCUT2D eigenvalue weighted by Crippen LogP contribution is -2.30. The standard InChI is InChI=1S/C17H24N4O3/c1-12-13(9-18-21(12)3)10-20(2)11-17(22)19-15-7-6-14(23-4)8-16(15)24-5/h6-9H,10-11H2,1-5H3,(H,19,22). The summed E-state index contributed by atoms with van der Waals surface area (Å²) in [5, 5.41) is 7.08. The Morgan fingerprint density at radius 3 is 2.67 bits per heavy atom. The maximum absolute atomic E-state index is 12.3. The number of amides is 1. The zero-order chi connectivity index (χ0) is 17.7. The smallest absolute Gasteiger partial charge is 0.238 e. The van der Waals surface area contributed by atoms with Gasteiger partial charge in [-0.3, -0.25) is 14.4 Å². The van der Waals surface area contributed by atoms with Crippen molar-refractivity contribution < 1.29 is 14.3 Å². The Morgan fingerprint density at radius 1 is 1.33 bits per heavy atom. The molecule has 0 aliphatic carbocycles. The number of nitrogens with zero attached hydrogens (tertiary/aromatic N) is 3. The number of nitrogens with one attached hydrogen (secondary N) is 1. The molecule has 0 aliphatic rings. The van der Waals surface area contributed by atoms with Crippen molar-refractivity contribution in [3.8, 4) is 11.5 Å². The van der Waals surface area contributed by atoms with Crippen molar-refractivity contribution in [2.75, 3.05) is 33.1 Å². The van der Waals surface area contributed by atoms with E-state index >= 15 is 0 Å². The second-order valence-corrected chi connectivity index (χ2v) is 5.67. The number of carbonyl (C=O) groups is 1. The second-order valence-electron chi connectivity index (χ2n) is 5.67. The van der Waals surface area contributed by atoms with Gasteiger partial charge < -0.3 is 14.8 Å². The Kier molecular flexibility index (Phi) is 5.81. The minimum Gasteiger partial charge on any atom is -0.497 e. The summed E-state index contributed by atoms with van der Waals surface area (Å²) >= 11 is 0. The van der Waals surface area contributed by atoms with E-state index in [4.69, 9.17) is 9.47 Å². The Labute approximate surface area is 142 Å². The van der Waals surface area contributed by atoms with Crippen LogP contribution in [0.5, 0.6) is 11.5 Å². The summed E-state index contributed by atoms with van der Waals surface area (Å²) in [4.78, 5) is 14.2. The fourth-order valence-electron chi connectivity index (χ4n) is 2.38. The monoisotopic (exact) mass is 332 g/mol. The summed E-state index contributed by atoms with van der Waals surface area (Å²) in [5.74, 6) is 1.13. The number of ether oxygens (including phenoxy) is 2. The van der Waals surface area contributed by atoms with E-state index in [1.54, 1.807) is 32.4 Å². The van der Waals surface area contributed by atoms with Crippen LogP contribution >= 0.6 is 0 Å². The van der Waals surface area contributed by atoms with Crippen LogP contribution in [-0.2, 0) is 18.4 Å². The van der Waals surface area contributed by atoms with E-state index in [9.17, 15) is 4.79 Å². The highest BCUT2D eigenvalue weighted by atomic mass is 16.5. The lowest BCUT2D eigenvalue weighted by molar-refractivity contribution is -0.117. The highest BCUT2D eigenvalue weighted by molar-refractivity contribution is 5.93. The van der Waals surface area contributed by atoms with Crippen LogP contribution in [0.1, 0.15) is 11.3 Å². The first-order valence-corrected chi connectivity index (χ1v) is 7.62. The van der Waals surface area contributed by atoms with Crippen LogP contribution in [0.2, 0.25) is 0 Å².